The number of carboxylic acid groups (broad SMARTS) is 1. The summed E-state index contributed by atoms with van der Waals surface area (Å²) in [7, 11) is 0. The van der Waals surface area contributed by atoms with Gasteiger partial charge in [-0.05, 0) is 25.1 Å². The van der Waals surface area contributed by atoms with E-state index in [4.69, 9.17) is 9.84 Å². The van der Waals surface area contributed by atoms with Crippen LogP contribution in [-0.4, -0.2) is 22.2 Å². The zero-order chi connectivity index (χ0) is 15.0. The molecule has 108 valence electrons. The van der Waals surface area contributed by atoms with Crippen LogP contribution in [0.3, 0.4) is 0 Å². The van der Waals surface area contributed by atoms with E-state index in [9.17, 15) is 9.59 Å². The molecule has 1 aromatic heterocycles. The Bertz CT molecular complexity index is 763. The Kier molecular flexibility index (Phi) is 3.25. The molecule has 5 nitrogen and oxygen atoms in total. The molecule has 2 heterocycles. The largest absolute Gasteiger partial charge is 0.493 e. The topological polar surface area (TPSA) is 68.5 Å². The van der Waals surface area contributed by atoms with Gasteiger partial charge in [-0.1, -0.05) is 18.2 Å². The number of rotatable bonds is 3. The Labute approximate surface area is 121 Å². The number of carboxylic acids is 1. The summed E-state index contributed by atoms with van der Waals surface area (Å²) >= 11 is 0. The van der Waals surface area contributed by atoms with Crippen molar-refractivity contribution < 1.29 is 14.6 Å². The summed E-state index contributed by atoms with van der Waals surface area (Å²) in [5, 5.41) is 9.06. The second-order valence-corrected chi connectivity index (χ2v) is 5.16. The van der Waals surface area contributed by atoms with Gasteiger partial charge in [0.2, 0.25) is 0 Å². The van der Waals surface area contributed by atoms with Crippen LogP contribution in [0.4, 0.5) is 0 Å². The number of nitrogens with zero attached hydrogens (tertiary/aromatic N) is 1. The third-order valence-corrected chi connectivity index (χ3v) is 3.82. The second-order valence-electron chi connectivity index (χ2n) is 5.16. The Morgan fingerprint density at radius 2 is 2.10 bits per heavy atom. The highest BCUT2D eigenvalue weighted by molar-refractivity contribution is 5.87. The molecule has 2 aromatic rings. The summed E-state index contributed by atoms with van der Waals surface area (Å²) in [5.41, 5.74) is 1.14. The first kappa shape index (κ1) is 13.4. The van der Waals surface area contributed by atoms with Gasteiger partial charge in [-0.25, -0.2) is 4.79 Å². The molecule has 1 unspecified atom stereocenters. The number of benzene rings is 1. The number of aryl methyl sites for hydroxylation is 1. The Hall–Kier alpha value is -2.56. The number of hydrogen-bond donors (Lipinski definition) is 1. The minimum absolute atomic E-state index is 0.0571. The number of fused-ring (bicyclic) bond motifs is 1. The van der Waals surface area contributed by atoms with Crippen LogP contribution in [0.5, 0.6) is 5.75 Å². The fourth-order valence-corrected chi connectivity index (χ4v) is 2.66. The average molecular weight is 285 g/mol. The summed E-state index contributed by atoms with van der Waals surface area (Å²) < 4.78 is 7.12. The molecule has 0 saturated heterocycles. The van der Waals surface area contributed by atoms with Gasteiger partial charge in [0.15, 0.2) is 0 Å². The van der Waals surface area contributed by atoms with Crippen molar-refractivity contribution in [1.82, 2.24) is 4.57 Å². The molecule has 5 heteroatoms. The van der Waals surface area contributed by atoms with Gasteiger partial charge in [-0.2, -0.15) is 0 Å². The van der Waals surface area contributed by atoms with Gasteiger partial charge in [-0.15, -0.1) is 0 Å². The number of ether oxygens (including phenoxy) is 1. The lowest BCUT2D eigenvalue weighted by Crippen LogP contribution is -2.30. The van der Waals surface area contributed by atoms with Crippen LogP contribution in [0.1, 0.15) is 27.5 Å². The zero-order valence-electron chi connectivity index (χ0n) is 11.6. The van der Waals surface area contributed by atoms with Gasteiger partial charge in [0.1, 0.15) is 11.3 Å². The molecule has 1 aliphatic heterocycles. The third-order valence-electron chi connectivity index (χ3n) is 3.82. The molecule has 1 aliphatic rings. The molecule has 0 saturated carbocycles. The molecule has 21 heavy (non-hydrogen) atoms. The summed E-state index contributed by atoms with van der Waals surface area (Å²) in [6, 6.07) is 10.7. The van der Waals surface area contributed by atoms with E-state index >= 15 is 0 Å². The number of aromatic nitrogens is 1. The van der Waals surface area contributed by atoms with Crippen LogP contribution in [0.15, 0.2) is 41.2 Å². The normalized spacial score (nSPS) is 16.3. The molecule has 1 atom stereocenters. The van der Waals surface area contributed by atoms with Gasteiger partial charge in [0.05, 0.1) is 6.61 Å². The van der Waals surface area contributed by atoms with Crippen molar-refractivity contribution in [3.05, 3.63) is 63.6 Å². The van der Waals surface area contributed by atoms with Gasteiger partial charge in [0.25, 0.3) is 5.56 Å². The molecule has 0 bridgehead atoms. The van der Waals surface area contributed by atoms with Crippen molar-refractivity contribution in [2.75, 3.05) is 6.61 Å². The highest BCUT2D eigenvalue weighted by Gasteiger charge is 2.25. The molecular weight excluding hydrogens is 270 g/mol. The first-order chi connectivity index (χ1) is 10.1. The molecule has 0 aliphatic carbocycles. The average Bonchev–Trinajstić information content (AvgIpc) is 2.86. The first-order valence-electron chi connectivity index (χ1n) is 6.73. The molecule has 0 spiro atoms. The third kappa shape index (κ3) is 2.31. The predicted molar refractivity (Wildman–Crippen MR) is 77.1 cm³/mol. The van der Waals surface area contributed by atoms with E-state index in [-0.39, 0.29) is 11.5 Å². The standard InChI is InChI=1S/C16H15NO4/c1-10-6-7-13(16(19)20)15(18)17(10)8-11-9-21-14-5-3-2-4-12(11)14/h2-7,11H,8-9H2,1H3,(H,19,20). The lowest BCUT2D eigenvalue weighted by molar-refractivity contribution is 0.0694. The molecule has 0 fully saturated rings. The van der Waals surface area contributed by atoms with Gasteiger partial charge < -0.3 is 14.4 Å². The molecular formula is C16H15NO4. The van der Waals surface area contributed by atoms with Crippen molar-refractivity contribution >= 4 is 5.97 Å². The molecule has 1 N–H and O–H groups in total. The quantitative estimate of drug-likeness (QED) is 0.937. The minimum atomic E-state index is -1.20. The summed E-state index contributed by atoms with van der Waals surface area (Å²) in [5.74, 6) is -0.305. The minimum Gasteiger partial charge on any atom is -0.493 e. The van der Waals surface area contributed by atoms with Gasteiger partial charge >= 0.3 is 5.97 Å². The van der Waals surface area contributed by atoms with Gasteiger partial charge in [-0.3, -0.25) is 4.79 Å². The Morgan fingerprint density at radius 1 is 1.33 bits per heavy atom. The monoisotopic (exact) mass is 285 g/mol. The van der Waals surface area contributed by atoms with E-state index in [1.54, 1.807) is 13.0 Å². The summed E-state index contributed by atoms with van der Waals surface area (Å²) in [6.07, 6.45) is 0. The number of para-hydroxylation sites is 1. The Morgan fingerprint density at radius 3 is 2.86 bits per heavy atom. The lowest BCUT2D eigenvalue weighted by atomic mass is 10.0. The predicted octanol–water partition coefficient (Wildman–Crippen LogP) is 2.03. The zero-order valence-corrected chi connectivity index (χ0v) is 11.6. The van der Waals surface area contributed by atoms with Crippen LogP contribution in [-0.2, 0) is 6.54 Å². The van der Waals surface area contributed by atoms with Crippen molar-refractivity contribution in [2.45, 2.75) is 19.4 Å². The molecule has 0 radical (unpaired) electrons. The van der Waals surface area contributed by atoms with E-state index in [1.165, 1.54) is 10.6 Å². The van der Waals surface area contributed by atoms with E-state index in [2.05, 4.69) is 0 Å². The highest BCUT2D eigenvalue weighted by atomic mass is 16.5. The first-order valence-corrected chi connectivity index (χ1v) is 6.73. The number of pyridine rings is 1. The van der Waals surface area contributed by atoms with Crippen LogP contribution in [0.25, 0.3) is 0 Å². The van der Waals surface area contributed by atoms with Crippen LogP contribution in [0.2, 0.25) is 0 Å². The number of carbonyl (C=O) groups is 1. The molecule has 3 rings (SSSR count). The molecule has 1 aromatic carbocycles. The fourth-order valence-electron chi connectivity index (χ4n) is 2.66. The van der Waals surface area contributed by atoms with Crippen molar-refractivity contribution in [2.24, 2.45) is 0 Å². The van der Waals surface area contributed by atoms with Crippen LogP contribution < -0.4 is 10.3 Å². The van der Waals surface area contributed by atoms with Crippen LogP contribution >= 0.6 is 0 Å². The van der Waals surface area contributed by atoms with Crippen molar-refractivity contribution in [1.29, 1.82) is 0 Å². The van der Waals surface area contributed by atoms with E-state index in [0.29, 0.717) is 13.2 Å². The Balaban J connectivity index is 1.98. The molecule has 0 amide bonds. The summed E-state index contributed by atoms with van der Waals surface area (Å²) in [6.45, 7) is 2.72. The number of hydrogen-bond acceptors (Lipinski definition) is 3. The van der Waals surface area contributed by atoms with Crippen molar-refractivity contribution in [3.63, 3.8) is 0 Å². The van der Waals surface area contributed by atoms with Crippen LogP contribution in [0, 0.1) is 6.92 Å². The summed E-state index contributed by atoms with van der Waals surface area (Å²) in [4.78, 5) is 23.4. The maximum Gasteiger partial charge on any atom is 0.341 e. The number of aromatic carboxylic acids is 1. The second kappa shape index (κ2) is 5.09. The maximum atomic E-state index is 12.3. The lowest BCUT2D eigenvalue weighted by Gasteiger charge is -2.15. The van der Waals surface area contributed by atoms with Crippen molar-refractivity contribution in [3.8, 4) is 5.75 Å². The smallest absolute Gasteiger partial charge is 0.341 e. The van der Waals surface area contributed by atoms with E-state index in [1.807, 2.05) is 24.3 Å². The van der Waals surface area contributed by atoms with Gasteiger partial charge in [0, 0.05) is 23.7 Å². The van der Waals surface area contributed by atoms with E-state index in [0.717, 1.165) is 17.0 Å². The maximum absolute atomic E-state index is 12.3. The highest BCUT2D eigenvalue weighted by Crippen LogP contribution is 2.34. The SMILES string of the molecule is Cc1ccc(C(=O)O)c(=O)n1CC1COc2ccccc21. The van der Waals surface area contributed by atoms with E-state index < -0.39 is 11.5 Å². The fraction of sp³-hybridized carbons (Fsp3) is 0.250.